The topological polar surface area (TPSA) is 66.8 Å². The van der Waals surface area contributed by atoms with Crippen molar-refractivity contribution in [2.75, 3.05) is 0 Å². The monoisotopic (exact) mass is 454 g/mol. The molecule has 1 amide bonds. The summed E-state index contributed by atoms with van der Waals surface area (Å²) in [5.41, 5.74) is 4.25. The van der Waals surface area contributed by atoms with Crippen LogP contribution in [0.1, 0.15) is 32.6 Å². The van der Waals surface area contributed by atoms with Crippen molar-refractivity contribution in [3.63, 3.8) is 0 Å². The molecule has 4 aromatic carbocycles. The van der Waals surface area contributed by atoms with Crippen molar-refractivity contribution < 1.29 is 13.2 Å². The van der Waals surface area contributed by atoms with Crippen LogP contribution in [0, 0.1) is 20.8 Å². The second kappa shape index (κ2) is 7.67. The fourth-order valence-electron chi connectivity index (χ4n) is 4.23. The number of benzene rings is 4. The van der Waals surface area contributed by atoms with Crippen LogP contribution in [0.15, 0.2) is 88.8 Å². The molecule has 0 unspecified atom stereocenters. The normalized spacial score (nSPS) is 14.8. The molecule has 0 aromatic heterocycles. The van der Waals surface area contributed by atoms with Crippen molar-refractivity contribution >= 4 is 38.2 Å². The van der Waals surface area contributed by atoms with E-state index >= 15 is 0 Å². The first-order valence-electron chi connectivity index (χ1n) is 10.6. The molecule has 0 saturated heterocycles. The first-order chi connectivity index (χ1) is 15.8. The Morgan fingerprint density at radius 2 is 1.42 bits per heavy atom. The van der Waals surface area contributed by atoms with Gasteiger partial charge in [0, 0.05) is 5.56 Å². The number of nitrogens with zero attached hydrogens (tertiary/aromatic N) is 2. The fraction of sp³-hybridized carbons (Fsp3) is 0.111. The number of carbonyl (C=O) groups is 1. The number of rotatable bonds is 3. The molecular formula is C27H22N2O3S. The number of aliphatic imine (C=N–C) groups is 1. The molecule has 33 heavy (non-hydrogen) atoms. The Morgan fingerprint density at radius 3 is 2.12 bits per heavy atom. The van der Waals surface area contributed by atoms with Gasteiger partial charge in [-0.2, -0.15) is 4.31 Å². The lowest BCUT2D eigenvalue weighted by Crippen LogP contribution is -2.36. The Labute approximate surface area is 193 Å². The SMILES string of the molecule is Cc1ccc(S(=O)(=O)N2C(=O)c3c(ccc4ccccc34)C2=Nc2c(C)cccc2C)cc1. The highest BCUT2D eigenvalue weighted by Crippen LogP contribution is 2.36. The Kier molecular flexibility index (Phi) is 4.91. The van der Waals surface area contributed by atoms with Crippen molar-refractivity contribution in [3.8, 4) is 0 Å². The van der Waals surface area contributed by atoms with Gasteiger partial charge in [-0.05, 0) is 60.9 Å². The van der Waals surface area contributed by atoms with E-state index in [-0.39, 0.29) is 10.7 Å². The van der Waals surface area contributed by atoms with Gasteiger partial charge in [0.05, 0.1) is 16.1 Å². The van der Waals surface area contributed by atoms with Crippen LogP contribution in [-0.2, 0) is 10.0 Å². The summed E-state index contributed by atoms with van der Waals surface area (Å²) in [5.74, 6) is -0.467. The lowest BCUT2D eigenvalue weighted by atomic mass is 10.0. The van der Waals surface area contributed by atoms with Crippen molar-refractivity contribution in [2.45, 2.75) is 25.7 Å². The predicted molar refractivity (Wildman–Crippen MR) is 131 cm³/mol. The summed E-state index contributed by atoms with van der Waals surface area (Å²) in [6.45, 7) is 5.72. The third-order valence-electron chi connectivity index (χ3n) is 5.98. The lowest BCUT2D eigenvalue weighted by molar-refractivity contribution is 0.0924. The van der Waals surface area contributed by atoms with E-state index in [9.17, 15) is 13.2 Å². The standard InChI is InChI=1S/C27H22N2O3S/c1-17-11-14-21(15-12-17)33(31,32)29-26(28-25-18(2)7-6-8-19(25)3)23-16-13-20-9-4-5-10-22(20)24(23)27(29)30/h4-16H,1-3H3. The molecule has 5 rings (SSSR count). The van der Waals surface area contributed by atoms with E-state index < -0.39 is 15.9 Å². The van der Waals surface area contributed by atoms with Gasteiger partial charge in [0.15, 0.2) is 5.84 Å². The van der Waals surface area contributed by atoms with Gasteiger partial charge in [-0.3, -0.25) is 4.79 Å². The highest BCUT2D eigenvalue weighted by molar-refractivity contribution is 7.90. The molecule has 0 fully saturated rings. The summed E-state index contributed by atoms with van der Waals surface area (Å²) in [5, 5.41) is 1.57. The Morgan fingerprint density at radius 1 is 0.758 bits per heavy atom. The van der Waals surface area contributed by atoms with Crippen LogP contribution >= 0.6 is 0 Å². The van der Waals surface area contributed by atoms with Gasteiger partial charge < -0.3 is 0 Å². The molecule has 0 N–H and O–H groups in total. The molecule has 6 heteroatoms. The summed E-state index contributed by atoms with van der Waals surface area (Å²) in [4.78, 5) is 18.6. The first-order valence-corrected chi connectivity index (χ1v) is 12.1. The van der Waals surface area contributed by atoms with E-state index in [2.05, 4.69) is 0 Å². The van der Waals surface area contributed by atoms with Crippen LogP contribution < -0.4 is 0 Å². The quantitative estimate of drug-likeness (QED) is 0.399. The van der Waals surface area contributed by atoms with E-state index in [4.69, 9.17) is 4.99 Å². The molecule has 0 atom stereocenters. The van der Waals surface area contributed by atoms with Crippen molar-refractivity contribution in [1.29, 1.82) is 0 Å². The Bertz CT molecular complexity index is 1550. The zero-order chi connectivity index (χ0) is 23.3. The van der Waals surface area contributed by atoms with E-state index in [1.165, 1.54) is 12.1 Å². The maximum Gasteiger partial charge on any atom is 0.274 e. The van der Waals surface area contributed by atoms with Crippen LogP contribution in [-0.4, -0.2) is 24.5 Å². The zero-order valence-electron chi connectivity index (χ0n) is 18.5. The third kappa shape index (κ3) is 3.34. The van der Waals surface area contributed by atoms with Gasteiger partial charge in [-0.25, -0.2) is 13.4 Å². The number of amides is 1. The number of sulfonamides is 1. The minimum absolute atomic E-state index is 0.0489. The highest BCUT2D eigenvalue weighted by Gasteiger charge is 2.43. The molecule has 1 aliphatic rings. The number of hydrogen-bond donors (Lipinski definition) is 0. The van der Waals surface area contributed by atoms with E-state index in [0.29, 0.717) is 22.2 Å². The second-order valence-corrected chi connectivity index (χ2v) is 10.1. The molecule has 0 saturated carbocycles. The number of fused-ring (bicyclic) bond motifs is 3. The smallest absolute Gasteiger partial charge is 0.267 e. The van der Waals surface area contributed by atoms with Crippen LogP contribution in [0.3, 0.4) is 0 Å². The minimum atomic E-state index is -4.18. The molecular weight excluding hydrogens is 432 g/mol. The van der Waals surface area contributed by atoms with Gasteiger partial charge in [0.1, 0.15) is 0 Å². The third-order valence-corrected chi connectivity index (χ3v) is 7.66. The molecule has 5 nitrogen and oxygen atoms in total. The average molecular weight is 455 g/mol. The second-order valence-electron chi connectivity index (χ2n) is 8.27. The molecule has 164 valence electrons. The first kappa shape index (κ1) is 21.1. The van der Waals surface area contributed by atoms with Crippen molar-refractivity contribution in [2.24, 2.45) is 4.99 Å². The molecule has 0 aliphatic carbocycles. The summed E-state index contributed by atoms with van der Waals surface area (Å²) < 4.78 is 28.4. The summed E-state index contributed by atoms with van der Waals surface area (Å²) in [7, 11) is -4.18. The van der Waals surface area contributed by atoms with Gasteiger partial charge >= 0.3 is 0 Å². The van der Waals surface area contributed by atoms with Gasteiger partial charge in [0.2, 0.25) is 0 Å². The largest absolute Gasteiger partial charge is 0.274 e. The Balaban J connectivity index is 1.82. The van der Waals surface area contributed by atoms with Crippen LogP contribution in [0.25, 0.3) is 10.8 Å². The van der Waals surface area contributed by atoms with Crippen molar-refractivity contribution in [3.05, 3.63) is 107 Å². The molecule has 0 spiro atoms. The molecule has 1 aliphatic heterocycles. The summed E-state index contributed by atoms with van der Waals surface area (Å²) in [6.07, 6.45) is 0. The van der Waals surface area contributed by atoms with Gasteiger partial charge in [0.25, 0.3) is 15.9 Å². The molecule has 4 aromatic rings. The van der Waals surface area contributed by atoms with Crippen LogP contribution in [0.4, 0.5) is 5.69 Å². The molecule has 0 bridgehead atoms. The zero-order valence-corrected chi connectivity index (χ0v) is 19.3. The van der Waals surface area contributed by atoms with Gasteiger partial charge in [-0.1, -0.05) is 66.2 Å². The summed E-state index contributed by atoms with van der Waals surface area (Å²) in [6, 6.07) is 23.4. The number of amidine groups is 1. The maximum absolute atomic E-state index is 13.8. The average Bonchev–Trinajstić information content (AvgIpc) is 3.09. The van der Waals surface area contributed by atoms with Gasteiger partial charge in [-0.15, -0.1) is 0 Å². The molecule has 1 heterocycles. The Hall–Kier alpha value is -3.77. The van der Waals surface area contributed by atoms with E-state index in [0.717, 1.165) is 26.4 Å². The number of carbonyl (C=O) groups excluding carboxylic acids is 1. The minimum Gasteiger partial charge on any atom is -0.267 e. The number of aryl methyl sites for hydroxylation is 3. The van der Waals surface area contributed by atoms with Crippen LogP contribution in [0.5, 0.6) is 0 Å². The maximum atomic E-state index is 13.8. The number of para-hydroxylation sites is 1. The molecule has 0 radical (unpaired) electrons. The predicted octanol–water partition coefficient (Wildman–Crippen LogP) is 5.69. The van der Waals surface area contributed by atoms with E-state index in [1.54, 1.807) is 18.2 Å². The van der Waals surface area contributed by atoms with Crippen molar-refractivity contribution in [1.82, 2.24) is 4.31 Å². The fourth-order valence-corrected chi connectivity index (χ4v) is 5.59. The highest BCUT2D eigenvalue weighted by atomic mass is 32.2. The van der Waals surface area contributed by atoms with E-state index in [1.807, 2.05) is 69.3 Å². The van der Waals surface area contributed by atoms with Crippen LogP contribution in [0.2, 0.25) is 0 Å². The number of hydrogen-bond acceptors (Lipinski definition) is 4. The summed E-state index contributed by atoms with van der Waals surface area (Å²) >= 11 is 0. The lowest BCUT2D eigenvalue weighted by Gasteiger charge is -2.18.